The van der Waals surface area contributed by atoms with E-state index in [9.17, 15) is 14.7 Å². The van der Waals surface area contributed by atoms with Crippen LogP contribution in [0.1, 0.15) is 33.1 Å². The van der Waals surface area contributed by atoms with E-state index in [0.29, 0.717) is 36.0 Å². The minimum atomic E-state index is -1.17. The first-order valence-corrected chi connectivity index (χ1v) is 8.49. The average Bonchev–Trinajstić information content (AvgIpc) is 2.67. The summed E-state index contributed by atoms with van der Waals surface area (Å²) in [5, 5.41) is 12.2. The summed E-state index contributed by atoms with van der Waals surface area (Å²) < 4.78 is 16.3. The highest BCUT2D eigenvalue weighted by Gasteiger charge is 2.27. The van der Waals surface area contributed by atoms with Gasteiger partial charge in [-0.2, -0.15) is 0 Å². The van der Waals surface area contributed by atoms with Crippen LogP contribution in [0.2, 0.25) is 0 Å². The molecule has 3 rings (SSSR count). The van der Waals surface area contributed by atoms with Crippen LogP contribution in [0.5, 0.6) is 17.2 Å². The van der Waals surface area contributed by atoms with Gasteiger partial charge in [0.15, 0.2) is 17.5 Å². The van der Waals surface area contributed by atoms with Crippen molar-refractivity contribution < 1.29 is 28.9 Å². The molecule has 0 fully saturated rings. The average molecular weight is 371 g/mol. The minimum Gasteiger partial charge on any atom is -0.493 e. The van der Waals surface area contributed by atoms with E-state index in [-0.39, 0.29) is 5.56 Å². The molecule has 0 radical (unpaired) electrons. The van der Waals surface area contributed by atoms with E-state index in [4.69, 9.17) is 14.2 Å². The Labute approximate surface area is 156 Å². The van der Waals surface area contributed by atoms with E-state index in [2.05, 4.69) is 5.32 Å². The Morgan fingerprint density at radius 3 is 2.63 bits per heavy atom. The highest BCUT2D eigenvalue weighted by atomic mass is 16.6. The molecule has 1 aliphatic heterocycles. The molecule has 0 aromatic heterocycles. The Morgan fingerprint density at radius 2 is 1.93 bits per heavy atom. The summed E-state index contributed by atoms with van der Waals surface area (Å²) in [6, 6.07) is 7.22. The zero-order valence-electron chi connectivity index (χ0n) is 15.4. The molecule has 0 saturated heterocycles. The van der Waals surface area contributed by atoms with Gasteiger partial charge in [-0.05, 0) is 42.7 Å². The number of hydrogen-bond donors (Lipinski definition) is 2. The standard InChI is InChI=1S/C20H21NO6/c1-11-5-4-6-14(12(11)2)17(20(23)24)21-19(22)13-9-15(25-3)18-16(10-13)26-7-8-27-18/h4-6,9-10,17H,7-8H2,1-3H3,(H,21,22)(H,23,24). The van der Waals surface area contributed by atoms with Crippen LogP contribution in [-0.2, 0) is 4.79 Å². The summed E-state index contributed by atoms with van der Waals surface area (Å²) >= 11 is 0. The molecule has 2 aromatic carbocycles. The highest BCUT2D eigenvalue weighted by Crippen LogP contribution is 2.40. The number of amides is 1. The van der Waals surface area contributed by atoms with Gasteiger partial charge in [-0.3, -0.25) is 4.79 Å². The maximum Gasteiger partial charge on any atom is 0.330 e. The summed E-state index contributed by atoms with van der Waals surface area (Å²) in [6.07, 6.45) is 0. The van der Waals surface area contributed by atoms with Crippen molar-refractivity contribution in [3.8, 4) is 17.2 Å². The molecule has 0 saturated carbocycles. The number of carboxylic acids is 1. The third kappa shape index (κ3) is 3.67. The monoisotopic (exact) mass is 371 g/mol. The number of carbonyl (C=O) groups is 2. The lowest BCUT2D eigenvalue weighted by Crippen LogP contribution is -2.34. The molecular weight excluding hydrogens is 350 g/mol. The van der Waals surface area contributed by atoms with Crippen LogP contribution in [0.4, 0.5) is 0 Å². The normalized spacial score (nSPS) is 13.6. The summed E-state index contributed by atoms with van der Waals surface area (Å²) in [7, 11) is 1.46. The number of ether oxygens (including phenoxy) is 3. The molecule has 7 nitrogen and oxygen atoms in total. The number of methoxy groups -OCH3 is 1. The lowest BCUT2D eigenvalue weighted by molar-refractivity contribution is -0.139. The van der Waals surface area contributed by atoms with Crippen molar-refractivity contribution in [2.45, 2.75) is 19.9 Å². The fraction of sp³-hybridized carbons (Fsp3) is 0.300. The quantitative estimate of drug-likeness (QED) is 0.839. The summed E-state index contributed by atoms with van der Waals surface area (Å²) in [4.78, 5) is 24.6. The van der Waals surface area contributed by atoms with Crippen molar-refractivity contribution in [1.82, 2.24) is 5.32 Å². The third-order valence-corrected chi connectivity index (χ3v) is 4.57. The van der Waals surface area contributed by atoms with Crippen LogP contribution >= 0.6 is 0 Å². The fourth-order valence-electron chi connectivity index (χ4n) is 2.98. The molecule has 2 N–H and O–H groups in total. The van der Waals surface area contributed by atoms with E-state index in [0.717, 1.165) is 11.1 Å². The van der Waals surface area contributed by atoms with Gasteiger partial charge in [0.25, 0.3) is 5.91 Å². The summed E-state index contributed by atoms with van der Waals surface area (Å²) in [6.45, 7) is 4.48. The van der Waals surface area contributed by atoms with Gasteiger partial charge in [0.05, 0.1) is 7.11 Å². The fourth-order valence-corrected chi connectivity index (χ4v) is 2.98. The molecule has 1 aliphatic rings. The Balaban J connectivity index is 1.93. The molecule has 2 aromatic rings. The number of benzene rings is 2. The van der Waals surface area contributed by atoms with Gasteiger partial charge in [-0.15, -0.1) is 0 Å². The summed E-state index contributed by atoms with van der Waals surface area (Å²) in [5.41, 5.74) is 2.55. The van der Waals surface area contributed by atoms with E-state index in [1.807, 2.05) is 19.9 Å². The molecular formula is C20H21NO6. The lowest BCUT2D eigenvalue weighted by atomic mass is 9.97. The van der Waals surface area contributed by atoms with Crippen molar-refractivity contribution >= 4 is 11.9 Å². The van der Waals surface area contributed by atoms with Gasteiger partial charge < -0.3 is 24.6 Å². The molecule has 142 valence electrons. The third-order valence-electron chi connectivity index (χ3n) is 4.57. The predicted molar refractivity (Wildman–Crippen MR) is 97.7 cm³/mol. The van der Waals surface area contributed by atoms with Crippen molar-refractivity contribution in [1.29, 1.82) is 0 Å². The second-order valence-corrected chi connectivity index (χ2v) is 6.24. The maximum absolute atomic E-state index is 12.8. The first-order valence-electron chi connectivity index (χ1n) is 8.49. The molecule has 1 atom stereocenters. The molecule has 0 aliphatic carbocycles. The zero-order valence-corrected chi connectivity index (χ0v) is 15.4. The zero-order chi connectivity index (χ0) is 19.6. The number of fused-ring (bicyclic) bond motifs is 1. The topological polar surface area (TPSA) is 94.1 Å². The number of carbonyl (C=O) groups excluding carboxylic acids is 1. The molecule has 1 amide bonds. The lowest BCUT2D eigenvalue weighted by Gasteiger charge is -2.22. The number of aliphatic carboxylic acids is 1. The Morgan fingerprint density at radius 1 is 1.19 bits per heavy atom. The van der Waals surface area contributed by atoms with E-state index < -0.39 is 17.9 Å². The number of carboxylic acid groups (broad SMARTS) is 1. The molecule has 0 bridgehead atoms. The molecule has 1 heterocycles. The van der Waals surface area contributed by atoms with Crippen molar-refractivity contribution in [3.05, 3.63) is 52.6 Å². The van der Waals surface area contributed by atoms with E-state index in [1.54, 1.807) is 12.1 Å². The van der Waals surface area contributed by atoms with Crippen LogP contribution in [0.25, 0.3) is 0 Å². The summed E-state index contributed by atoms with van der Waals surface area (Å²) in [5.74, 6) is -0.495. The Bertz CT molecular complexity index is 875. The van der Waals surface area contributed by atoms with Crippen LogP contribution in [0.3, 0.4) is 0 Å². The molecule has 0 spiro atoms. The number of nitrogens with one attached hydrogen (secondary N) is 1. The van der Waals surface area contributed by atoms with E-state index >= 15 is 0 Å². The van der Waals surface area contributed by atoms with Crippen molar-refractivity contribution in [2.24, 2.45) is 0 Å². The van der Waals surface area contributed by atoms with Gasteiger partial charge in [0.2, 0.25) is 5.75 Å². The number of rotatable bonds is 5. The van der Waals surface area contributed by atoms with Crippen molar-refractivity contribution in [2.75, 3.05) is 20.3 Å². The van der Waals surface area contributed by atoms with Crippen LogP contribution in [0, 0.1) is 13.8 Å². The van der Waals surface area contributed by atoms with Gasteiger partial charge in [-0.1, -0.05) is 18.2 Å². The first kappa shape index (κ1) is 18.6. The Hall–Kier alpha value is -3.22. The smallest absolute Gasteiger partial charge is 0.330 e. The minimum absolute atomic E-state index is 0.229. The molecule has 1 unspecified atom stereocenters. The second-order valence-electron chi connectivity index (χ2n) is 6.24. The SMILES string of the molecule is COc1cc(C(=O)NC(C(=O)O)c2cccc(C)c2C)cc2c1OCCO2. The predicted octanol–water partition coefficient (Wildman–Crippen LogP) is 2.64. The van der Waals surface area contributed by atoms with Crippen LogP contribution < -0.4 is 19.5 Å². The van der Waals surface area contributed by atoms with Gasteiger partial charge >= 0.3 is 5.97 Å². The van der Waals surface area contributed by atoms with E-state index in [1.165, 1.54) is 19.2 Å². The van der Waals surface area contributed by atoms with Gasteiger partial charge in [0, 0.05) is 5.56 Å². The van der Waals surface area contributed by atoms with Gasteiger partial charge in [0.1, 0.15) is 13.2 Å². The van der Waals surface area contributed by atoms with Gasteiger partial charge in [-0.25, -0.2) is 4.79 Å². The van der Waals surface area contributed by atoms with Crippen molar-refractivity contribution in [3.63, 3.8) is 0 Å². The number of hydrogen-bond acceptors (Lipinski definition) is 5. The maximum atomic E-state index is 12.8. The first-order chi connectivity index (χ1) is 12.9. The number of aryl methyl sites for hydroxylation is 1. The second kappa shape index (κ2) is 7.57. The molecule has 27 heavy (non-hydrogen) atoms. The highest BCUT2D eigenvalue weighted by molar-refractivity contribution is 5.98. The Kier molecular flexibility index (Phi) is 5.21. The molecule has 7 heteroatoms. The van der Waals surface area contributed by atoms with Crippen LogP contribution in [0.15, 0.2) is 30.3 Å². The largest absolute Gasteiger partial charge is 0.493 e. The van der Waals surface area contributed by atoms with Crippen LogP contribution in [-0.4, -0.2) is 37.3 Å².